The Balaban J connectivity index is 1.84. The molecular formula is C21H20F5N5O. The molecule has 4 rings (SSSR count). The van der Waals surface area contributed by atoms with Crippen LogP contribution in [0.15, 0.2) is 29.2 Å². The molecular weight excluding hydrogens is 433 g/mol. The summed E-state index contributed by atoms with van der Waals surface area (Å²) in [4.78, 5) is 21.1. The van der Waals surface area contributed by atoms with Gasteiger partial charge in [-0.2, -0.15) is 0 Å². The third-order valence-corrected chi connectivity index (χ3v) is 5.78. The molecule has 0 radical (unpaired) electrons. The minimum Gasteiger partial charge on any atom is -0.392 e. The van der Waals surface area contributed by atoms with E-state index in [2.05, 4.69) is 15.3 Å². The van der Waals surface area contributed by atoms with Crippen molar-refractivity contribution in [3.05, 3.63) is 57.5 Å². The van der Waals surface area contributed by atoms with Gasteiger partial charge >= 0.3 is 0 Å². The molecule has 0 amide bonds. The van der Waals surface area contributed by atoms with E-state index in [0.717, 1.165) is 10.6 Å². The van der Waals surface area contributed by atoms with Gasteiger partial charge in [0.1, 0.15) is 34.2 Å². The SMILES string of the molecule is Cc1nc(N[C@H](C)c2cccc(C(F)F)c2F)c2cn(C3(C(F)F)CC3)c(=O)c(N)c2n1. The fraction of sp³-hybridized carbons (Fsp3) is 0.381. The Morgan fingerprint density at radius 1 is 1.16 bits per heavy atom. The summed E-state index contributed by atoms with van der Waals surface area (Å²) in [5.74, 6) is -0.705. The summed E-state index contributed by atoms with van der Waals surface area (Å²) in [6, 6.07) is 2.85. The molecule has 0 aliphatic heterocycles. The maximum Gasteiger partial charge on any atom is 0.276 e. The Morgan fingerprint density at radius 3 is 2.41 bits per heavy atom. The normalized spacial score (nSPS) is 16.0. The van der Waals surface area contributed by atoms with Crippen LogP contribution in [0, 0.1) is 12.7 Å². The van der Waals surface area contributed by atoms with Gasteiger partial charge in [0.15, 0.2) is 0 Å². The number of anilines is 2. The number of pyridine rings is 1. The van der Waals surface area contributed by atoms with Crippen molar-refractivity contribution in [1.82, 2.24) is 14.5 Å². The van der Waals surface area contributed by atoms with Crippen molar-refractivity contribution in [1.29, 1.82) is 0 Å². The molecule has 32 heavy (non-hydrogen) atoms. The standard InChI is InChI=1S/C21H20F5N5O/c1-9(11-4-3-5-12(14(11)22)17(23)24)28-18-13-8-31(21(6-7-21)20(25)26)19(32)15(27)16(13)29-10(2)30-18/h3-5,8-9,17,20H,6-7,27H2,1-2H3,(H,28,29,30)/t9-/m1/s1. The average Bonchev–Trinajstić information content (AvgIpc) is 3.53. The first-order valence-electron chi connectivity index (χ1n) is 9.88. The molecule has 6 nitrogen and oxygen atoms in total. The summed E-state index contributed by atoms with van der Waals surface area (Å²) < 4.78 is 69.0. The number of halogens is 5. The van der Waals surface area contributed by atoms with Crippen LogP contribution >= 0.6 is 0 Å². The maximum atomic E-state index is 14.6. The minimum absolute atomic E-state index is 0.0280. The highest BCUT2D eigenvalue weighted by atomic mass is 19.3. The van der Waals surface area contributed by atoms with Crippen LogP contribution < -0.4 is 16.6 Å². The zero-order valence-electron chi connectivity index (χ0n) is 17.2. The summed E-state index contributed by atoms with van der Waals surface area (Å²) in [5.41, 5.74) is 2.56. The lowest BCUT2D eigenvalue weighted by atomic mass is 10.0. The topological polar surface area (TPSA) is 85.8 Å². The van der Waals surface area contributed by atoms with E-state index in [1.807, 2.05) is 0 Å². The second-order valence-electron chi connectivity index (χ2n) is 7.92. The molecule has 3 aromatic rings. The van der Waals surface area contributed by atoms with Gasteiger partial charge in [-0.1, -0.05) is 18.2 Å². The van der Waals surface area contributed by atoms with Crippen LogP contribution in [0.4, 0.5) is 33.5 Å². The van der Waals surface area contributed by atoms with Gasteiger partial charge in [-0.05, 0) is 26.7 Å². The predicted molar refractivity (Wildman–Crippen MR) is 110 cm³/mol. The van der Waals surface area contributed by atoms with Crippen molar-refractivity contribution in [3.63, 3.8) is 0 Å². The van der Waals surface area contributed by atoms with Crippen LogP contribution in [0.5, 0.6) is 0 Å². The molecule has 11 heteroatoms. The van der Waals surface area contributed by atoms with Crippen molar-refractivity contribution < 1.29 is 22.0 Å². The van der Waals surface area contributed by atoms with Crippen molar-refractivity contribution in [2.75, 3.05) is 11.1 Å². The molecule has 2 heterocycles. The molecule has 1 saturated carbocycles. The van der Waals surface area contributed by atoms with Gasteiger partial charge < -0.3 is 15.6 Å². The molecule has 0 bridgehead atoms. The number of nitrogens with zero attached hydrogens (tertiary/aromatic N) is 3. The van der Waals surface area contributed by atoms with Gasteiger partial charge in [0, 0.05) is 11.8 Å². The molecule has 1 aromatic carbocycles. The molecule has 0 saturated heterocycles. The lowest BCUT2D eigenvalue weighted by Gasteiger charge is -2.22. The lowest BCUT2D eigenvalue weighted by molar-refractivity contribution is 0.0655. The largest absolute Gasteiger partial charge is 0.392 e. The minimum atomic E-state index is -2.98. The number of nitrogens with two attached hydrogens (primary N) is 1. The van der Waals surface area contributed by atoms with Crippen LogP contribution in [-0.4, -0.2) is 21.0 Å². The number of aromatic nitrogens is 3. The van der Waals surface area contributed by atoms with Crippen LogP contribution in [0.1, 0.15) is 49.2 Å². The van der Waals surface area contributed by atoms with Gasteiger partial charge in [0.05, 0.1) is 17.0 Å². The van der Waals surface area contributed by atoms with E-state index in [1.54, 1.807) is 6.92 Å². The molecule has 0 spiro atoms. The zero-order chi connectivity index (χ0) is 23.4. The first-order valence-corrected chi connectivity index (χ1v) is 9.88. The highest BCUT2D eigenvalue weighted by Crippen LogP contribution is 2.48. The molecule has 3 N–H and O–H groups in total. The van der Waals surface area contributed by atoms with Crippen molar-refractivity contribution in [3.8, 4) is 0 Å². The fourth-order valence-electron chi connectivity index (χ4n) is 3.81. The van der Waals surface area contributed by atoms with Crippen LogP contribution in [0.25, 0.3) is 10.9 Å². The fourth-order valence-corrected chi connectivity index (χ4v) is 3.81. The van der Waals surface area contributed by atoms with Crippen LogP contribution in [0.3, 0.4) is 0 Å². The molecule has 1 aliphatic rings. The third kappa shape index (κ3) is 3.45. The van der Waals surface area contributed by atoms with E-state index in [1.165, 1.54) is 25.3 Å². The quantitative estimate of drug-likeness (QED) is 0.529. The summed E-state index contributed by atoms with van der Waals surface area (Å²) in [6.45, 7) is 3.08. The molecule has 170 valence electrons. The van der Waals surface area contributed by atoms with Crippen molar-refractivity contribution in [2.45, 2.75) is 51.1 Å². The Labute approximate surface area is 179 Å². The third-order valence-electron chi connectivity index (χ3n) is 5.78. The number of fused-ring (bicyclic) bond motifs is 1. The summed E-state index contributed by atoms with van der Waals surface area (Å²) in [6.07, 6.45) is -4.29. The Bertz CT molecular complexity index is 1260. The van der Waals surface area contributed by atoms with Gasteiger partial charge in [0.25, 0.3) is 18.4 Å². The first-order chi connectivity index (χ1) is 15.1. The van der Waals surface area contributed by atoms with Crippen molar-refractivity contribution in [2.24, 2.45) is 0 Å². The molecule has 2 aromatic heterocycles. The second kappa shape index (κ2) is 7.72. The molecule has 0 unspecified atom stereocenters. The summed E-state index contributed by atoms with van der Waals surface area (Å²) in [7, 11) is 0. The van der Waals surface area contributed by atoms with E-state index in [9.17, 15) is 26.7 Å². The Kier molecular flexibility index (Phi) is 5.30. The molecule has 1 fully saturated rings. The summed E-state index contributed by atoms with van der Waals surface area (Å²) >= 11 is 0. The van der Waals surface area contributed by atoms with Gasteiger partial charge in [0.2, 0.25) is 0 Å². The molecule has 1 atom stereocenters. The lowest BCUT2D eigenvalue weighted by Crippen LogP contribution is -2.36. The van der Waals surface area contributed by atoms with Crippen molar-refractivity contribution >= 4 is 22.4 Å². The molecule has 1 aliphatic carbocycles. The number of rotatable bonds is 6. The van der Waals surface area contributed by atoms with Crippen LogP contribution in [-0.2, 0) is 5.54 Å². The highest BCUT2D eigenvalue weighted by molar-refractivity contribution is 5.95. The van der Waals surface area contributed by atoms with E-state index >= 15 is 0 Å². The average molecular weight is 453 g/mol. The Morgan fingerprint density at radius 2 is 1.81 bits per heavy atom. The number of nitrogen functional groups attached to an aromatic ring is 1. The predicted octanol–water partition coefficient (Wildman–Crippen LogP) is 4.69. The number of nitrogens with one attached hydrogen (secondary N) is 1. The monoisotopic (exact) mass is 453 g/mol. The highest BCUT2D eigenvalue weighted by Gasteiger charge is 2.53. The summed E-state index contributed by atoms with van der Waals surface area (Å²) in [5, 5.41) is 3.12. The van der Waals surface area contributed by atoms with Gasteiger partial charge in [-0.15, -0.1) is 0 Å². The number of hydrogen-bond acceptors (Lipinski definition) is 5. The second-order valence-corrected chi connectivity index (χ2v) is 7.92. The van der Waals surface area contributed by atoms with E-state index in [4.69, 9.17) is 5.73 Å². The first kappa shape index (κ1) is 22.0. The Hall–Kier alpha value is -3.24. The van der Waals surface area contributed by atoms with Gasteiger partial charge in [-0.25, -0.2) is 31.9 Å². The smallest absolute Gasteiger partial charge is 0.276 e. The zero-order valence-corrected chi connectivity index (χ0v) is 17.2. The number of aryl methyl sites for hydroxylation is 1. The number of benzene rings is 1. The van der Waals surface area contributed by atoms with E-state index in [0.29, 0.717) is 0 Å². The van der Waals surface area contributed by atoms with Crippen LogP contribution in [0.2, 0.25) is 0 Å². The van der Waals surface area contributed by atoms with E-state index < -0.39 is 41.4 Å². The maximum absolute atomic E-state index is 14.6. The van der Waals surface area contributed by atoms with E-state index in [-0.39, 0.29) is 46.6 Å². The number of hydrogen-bond donors (Lipinski definition) is 2. The number of alkyl halides is 4. The van der Waals surface area contributed by atoms with Gasteiger partial charge in [-0.3, -0.25) is 4.79 Å².